The quantitative estimate of drug-likeness (QED) is 0.838. The van der Waals surface area contributed by atoms with Gasteiger partial charge in [-0.25, -0.2) is 0 Å². The summed E-state index contributed by atoms with van der Waals surface area (Å²) in [5.41, 5.74) is 2.49. The van der Waals surface area contributed by atoms with E-state index in [1.165, 1.54) is 10.6 Å². The average Bonchev–Trinajstić information content (AvgIpc) is 2.74. The summed E-state index contributed by atoms with van der Waals surface area (Å²) in [6, 6.07) is 17.0. The Morgan fingerprint density at radius 2 is 1.78 bits per heavy atom. The van der Waals surface area contributed by atoms with Gasteiger partial charge in [0, 0.05) is 11.4 Å². The number of piperazine rings is 1. The second-order valence-corrected chi connectivity index (χ2v) is 6.74. The Labute approximate surface area is 160 Å². The van der Waals surface area contributed by atoms with E-state index in [1.807, 2.05) is 19.1 Å². The van der Waals surface area contributed by atoms with Gasteiger partial charge in [-0.15, -0.1) is 0 Å². The highest BCUT2D eigenvalue weighted by Crippen LogP contribution is 2.19. The van der Waals surface area contributed by atoms with Crippen LogP contribution in [0.3, 0.4) is 0 Å². The Morgan fingerprint density at radius 1 is 1.15 bits per heavy atom. The van der Waals surface area contributed by atoms with E-state index in [0.29, 0.717) is 5.56 Å². The number of benzene rings is 2. The van der Waals surface area contributed by atoms with E-state index < -0.39 is 0 Å². The van der Waals surface area contributed by atoms with Crippen molar-refractivity contribution in [1.82, 2.24) is 0 Å². The molecule has 140 valence electrons. The van der Waals surface area contributed by atoms with Crippen LogP contribution in [0.5, 0.6) is 5.75 Å². The minimum absolute atomic E-state index is 0.00704. The number of rotatable bonds is 5. The van der Waals surface area contributed by atoms with Gasteiger partial charge in [-0.3, -0.25) is 4.79 Å². The average molecular weight is 365 g/mol. The third-order valence-electron chi connectivity index (χ3n) is 5.13. The van der Waals surface area contributed by atoms with Gasteiger partial charge < -0.3 is 19.9 Å². The molecule has 2 N–H and O–H groups in total. The smallest absolute Gasteiger partial charge is 0.282 e. The fourth-order valence-corrected chi connectivity index (χ4v) is 3.34. The summed E-state index contributed by atoms with van der Waals surface area (Å²) in [5, 5.41) is 11.8. The van der Waals surface area contributed by atoms with Gasteiger partial charge in [-0.1, -0.05) is 0 Å². The third-order valence-corrected chi connectivity index (χ3v) is 5.13. The molecule has 1 aliphatic heterocycles. The first-order valence-corrected chi connectivity index (χ1v) is 9.15. The first kappa shape index (κ1) is 18.7. The number of carbonyl (C=O) groups is 1. The molecule has 27 heavy (non-hydrogen) atoms. The Bertz CT molecular complexity index is 804. The lowest BCUT2D eigenvalue weighted by atomic mass is 10.1. The molecule has 3 rings (SSSR count). The van der Waals surface area contributed by atoms with Gasteiger partial charge in [0.2, 0.25) is 0 Å². The number of nitrogens with one attached hydrogen (secondary N) is 2. The summed E-state index contributed by atoms with van der Waals surface area (Å²) in [5.74, 6) is 0.865. The van der Waals surface area contributed by atoms with Crippen molar-refractivity contribution in [1.29, 1.82) is 5.26 Å². The molecule has 0 spiro atoms. The Morgan fingerprint density at radius 3 is 2.33 bits per heavy atom. The first-order valence-electron chi connectivity index (χ1n) is 9.15. The number of hydrogen-bond donors (Lipinski definition) is 2. The number of ether oxygens (including phenoxy) is 1. The van der Waals surface area contributed by atoms with E-state index in [0.717, 1.165) is 37.6 Å². The van der Waals surface area contributed by atoms with Gasteiger partial charge in [0.15, 0.2) is 6.04 Å². The van der Waals surface area contributed by atoms with Crippen LogP contribution in [0.1, 0.15) is 12.5 Å². The maximum atomic E-state index is 12.6. The number of nitriles is 1. The normalized spacial score (nSPS) is 15.7. The van der Waals surface area contributed by atoms with Crippen molar-refractivity contribution < 1.29 is 14.4 Å². The van der Waals surface area contributed by atoms with Crippen molar-refractivity contribution in [2.45, 2.75) is 13.0 Å². The van der Waals surface area contributed by atoms with Crippen molar-refractivity contribution >= 4 is 17.3 Å². The van der Waals surface area contributed by atoms with E-state index in [9.17, 15) is 4.79 Å². The molecular weight excluding hydrogens is 340 g/mol. The molecule has 0 bridgehead atoms. The van der Waals surface area contributed by atoms with Crippen molar-refractivity contribution in [3.8, 4) is 11.8 Å². The molecular formula is C21H25N4O2+. The van der Waals surface area contributed by atoms with Crippen molar-refractivity contribution in [2.24, 2.45) is 0 Å². The lowest BCUT2D eigenvalue weighted by Gasteiger charge is -2.36. The molecule has 6 heteroatoms. The van der Waals surface area contributed by atoms with Crippen LogP contribution in [-0.4, -0.2) is 45.2 Å². The summed E-state index contributed by atoms with van der Waals surface area (Å²) >= 11 is 0. The van der Waals surface area contributed by atoms with Crippen LogP contribution in [0.2, 0.25) is 0 Å². The van der Waals surface area contributed by atoms with E-state index in [1.54, 1.807) is 31.4 Å². The molecule has 1 saturated heterocycles. The first-order chi connectivity index (χ1) is 13.1. The minimum Gasteiger partial charge on any atom is -0.497 e. The largest absolute Gasteiger partial charge is 0.497 e. The van der Waals surface area contributed by atoms with E-state index >= 15 is 0 Å². The van der Waals surface area contributed by atoms with Crippen LogP contribution in [0.25, 0.3) is 0 Å². The third kappa shape index (κ3) is 4.57. The van der Waals surface area contributed by atoms with Gasteiger partial charge in [-0.05, 0) is 55.5 Å². The number of quaternary nitrogens is 1. The van der Waals surface area contributed by atoms with Crippen LogP contribution in [0.4, 0.5) is 11.4 Å². The Hall–Kier alpha value is -3.04. The highest BCUT2D eigenvalue weighted by Gasteiger charge is 2.29. The number of carbonyl (C=O) groups excluding carboxylic acids is 1. The van der Waals surface area contributed by atoms with E-state index in [4.69, 9.17) is 10.00 Å². The summed E-state index contributed by atoms with van der Waals surface area (Å²) in [7, 11) is 1.67. The number of anilines is 2. The van der Waals surface area contributed by atoms with Crippen LogP contribution < -0.4 is 19.9 Å². The minimum atomic E-state index is -0.126. The topological polar surface area (TPSA) is 69.8 Å². The van der Waals surface area contributed by atoms with Gasteiger partial charge >= 0.3 is 0 Å². The molecule has 1 atom stereocenters. The second kappa shape index (κ2) is 8.56. The zero-order valence-electron chi connectivity index (χ0n) is 15.7. The van der Waals surface area contributed by atoms with Crippen molar-refractivity contribution in [3.05, 3.63) is 54.1 Å². The van der Waals surface area contributed by atoms with E-state index in [2.05, 4.69) is 28.4 Å². The van der Waals surface area contributed by atoms with Crippen molar-refractivity contribution in [3.63, 3.8) is 0 Å². The predicted octanol–water partition coefficient (Wildman–Crippen LogP) is 1.30. The van der Waals surface area contributed by atoms with Crippen LogP contribution in [-0.2, 0) is 4.79 Å². The van der Waals surface area contributed by atoms with Gasteiger partial charge in [0.1, 0.15) is 5.75 Å². The highest BCUT2D eigenvalue weighted by atomic mass is 16.5. The van der Waals surface area contributed by atoms with Crippen LogP contribution in [0.15, 0.2) is 48.5 Å². The molecule has 1 heterocycles. The lowest BCUT2D eigenvalue weighted by Crippen LogP contribution is -3.19. The standard InChI is InChI=1S/C21H24N4O2/c1-16(21(26)23-18-5-3-17(15-22)4-6-18)24-11-13-25(14-12-24)19-7-9-20(27-2)10-8-19/h3-10,16H,11-14H2,1-2H3,(H,23,26)/p+1/t16-/m1/s1. The summed E-state index contributed by atoms with van der Waals surface area (Å²) in [4.78, 5) is 16.2. The van der Waals surface area contributed by atoms with Crippen molar-refractivity contribution in [2.75, 3.05) is 43.5 Å². The highest BCUT2D eigenvalue weighted by molar-refractivity contribution is 5.93. The molecule has 2 aromatic rings. The number of methoxy groups -OCH3 is 1. The zero-order chi connectivity index (χ0) is 19.2. The van der Waals surface area contributed by atoms with Gasteiger partial charge in [0.05, 0.1) is 44.9 Å². The van der Waals surface area contributed by atoms with Crippen LogP contribution in [0, 0.1) is 11.3 Å². The molecule has 6 nitrogen and oxygen atoms in total. The summed E-state index contributed by atoms with van der Waals surface area (Å²) in [6.45, 7) is 5.62. The number of amides is 1. The zero-order valence-corrected chi connectivity index (χ0v) is 15.7. The fraction of sp³-hybridized carbons (Fsp3) is 0.333. The lowest BCUT2D eigenvalue weighted by molar-refractivity contribution is -0.914. The number of nitrogens with zero attached hydrogens (tertiary/aromatic N) is 2. The molecule has 2 aromatic carbocycles. The number of hydrogen-bond acceptors (Lipinski definition) is 4. The Balaban J connectivity index is 1.53. The van der Waals surface area contributed by atoms with Crippen LogP contribution >= 0.6 is 0 Å². The maximum absolute atomic E-state index is 12.6. The van der Waals surface area contributed by atoms with E-state index in [-0.39, 0.29) is 11.9 Å². The van der Waals surface area contributed by atoms with Gasteiger partial charge in [0.25, 0.3) is 5.91 Å². The second-order valence-electron chi connectivity index (χ2n) is 6.74. The summed E-state index contributed by atoms with van der Waals surface area (Å²) in [6.07, 6.45) is 0. The fourth-order valence-electron chi connectivity index (χ4n) is 3.34. The SMILES string of the molecule is COc1ccc(N2CC[NH+]([C@H](C)C(=O)Nc3ccc(C#N)cc3)CC2)cc1. The Kier molecular flexibility index (Phi) is 5.94. The summed E-state index contributed by atoms with van der Waals surface area (Å²) < 4.78 is 5.21. The van der Waals surface area contributed by atoms with Gasteiger partial charge in [-0.2, -0.15) is 5.26 Å². The predicted molar refractivity (Wildman–Crippen MR) is 105 cm³/mol. The molecule has 0 radical (unpaired) electrons. The maximum Gasteiger partial charge on any atom is 0.282 e. The molecule has 1 aliphatic rings. The molecule has 0 unspecified atom stereocenters. The molecule has 1 amide bonds. The molecule has 0 aromatic heterocycles. The molecule has 0 aliphatic carbocycles. The molecule has 1 fully saturated rings. The molecule has 0 saturated carbocycles. The monoisotopic (exact) mass is 365 g/mol.